The molecule has 2 rings (SSSR count). The number of fused-ring (bicyclic) bond motifs is 1. The van der Waals surface area contributed by atoms with E-state index in [1.54, 1.807) is 0 Å². The summed E-state index contributed by atoms with van der Waals surface area (Å²) in [6.07, 6.45) is 0.766. The van der Waals surface area contributed by atoms with Crippen molar-refractivity contribution in [1.82, 2.24) is 4.90 Å². The molecule has 0 aliphatic carbocycles. The molecule has 0 bridgehead atoms. The molecule has 6 nitrogen and oxygen atoms in total. The fourth-order valence-electron chi connectivity index (χ4n) is 1.97. The van der Waals surface area contributed by atoms with Gasteiger partial charge in [0.25, 0.3) is 0 Å². The molecule has 0 spiro atoms. The Morgan fingerprint density at radius 2 is 1.95 bits per heavy atom. The van der Waals surface area contributed by atoms with Gasteiger partial charge in [-0.3, -0.25) is 4.79 Å². The van der Waals surface area contributed by atoms with E-state index < -0.39 is 11.5 Å². The lowest BCUT2D eigenvalue weighted by Gasteiger charge is -2.31. The second kappa shape index (κ2) is 5.63. The van der Waals surface area contributed by atoms with Crippen LogP contribution in [-0.4, -0.2) is 41.3 Å². The number of carboxylic acids is 1. The first-order valence-corrected chi connectivity index (χ1v) is 6.71. The molecule has 1 aliphatic heterocycles. The number of benzene rings is 1. The summed E-state index contributed by atoms with van der Waals surface area (Å²) >= 11 is 0. The summed E-state index contributed by atoms with van der Waals surface area (Å²) in [6.45, 7) is 3.23. The Hall–Kier alpha value is -2.24. The van der Waals surface area contributed by atoms with Crippen molar-refractivity contribution in [2.75, 3.05) is 13.8 Å². The van der Waals surface area contributed by atoms with Crippen molar-refractivity contribution in [3.05, 3.63) is 23.8 Å². The standard InChI is InChI=1S/C15H19NO5/c1-15(2,14(18)19)16(3)13(17)7-5-10-4-6-11-12(8-10)21-9-20-11/h4,6,8H,5,7,9H2,1-3H3,(H,18,19). The van der Waals surface area contributed by atoms with Gasteiger partial charge in [0.05, 0.1) is 0 Å². The zero-order valence-electron chi connectivity index (χ0n) is 12.4. The Morgan fingerprint density at radius 1 is 1.29 bits per heavy atom. The maximum Gasteiger partial charge on any atom is 0.329 e. The Balaban J connectivity index is 1.97. The van der Waals surface area contributed by atoms with Crippen molar-refractivity contribution in [3.63, 3.8) is 0 Å². The predicted molar refractivity (Wildman–Crippen MR) is 75.4 cm³/mol. The lowest BCUT2D eigenvalue weighted by atomic mass is 10.0. The third-order valence-electron chi connectivity index (χ3n) is 3.80. The maximum atomic E-state index is 12.1. The van der Waals surface area contributed by atoms with E-state index in [9.17, 15) is 9.59 Å². The van der Waals surface area contributed by atoms with Gasteiger partial charge in [-0.15, -0.1) is 0 Å². The highest BCUT2D eigenvalue weighted by Gasteiger charge is 2.34. The van der Waals surface area contributed by atoms with Crippen LogP contribution in [0.3, 0.4) is 0 Å². The summed E-state index contributed by atoms with van der Waals surface area (Å²) in [4.78, 5) is 24.5. The number of nitrogens with zero attached hydrogens (tertiary/aromatic N) is 1. The van der Waals surface area contributed by atoms with Gasteiger partial charge in [-0.25, -0.2) is 4.79 Å². The predicted octanol–water partition coefficient (Wildman–Crippen LogP) is 1.67. The summed E-state index contributed by atoms with van der Waals surface area (Å²) in [5, 5.41) is 9.13. The zero-order valence-corrected chi connectivity index (χ0v) is 12.4. The van der Waals surface area contributed by atoms with Crippen LogP contribution in [0.15, 0.2) is 18.2 Å². The summed E-state index contributed by atoms with van der Waals surface area (Å²) < 4.78 is 10.5. The van der Waals surface area contributed by atoms with E-state index in [4.69, 9.17) is 14.6 Å². The molecular weight excluding hydrogens is 274 g/mol. The molecule has 21 heavy (non-hydrogen) atoms. The van der Waals surface area contributed by atoms with Gasteiger partial charge in [0, 0.05) is 13.5 Å². The molecule has 0 saturated heterocycles. The fourth-order valence-corrected chi connectivity index (χ4v) is 1.97. The van der Waals surface area contributed by atoms with Gasteiger partial charge in [0.1, 0.15) is 5.54 Å². The lowest BCUT2D eigenvalue weighted by molar-refractivity contribution is -0.155. The van der Waals surface area contributed by atoms with E-state index in [1.165, 1.54) is 25.8 Å². The minimum absolute atomic E-state index is 0.208. The molecule has 0 saturated carbocycles. The first-order valence-electron chi connectivity index (χ1n) is 6.71. The van der Waals surface area contributed by atoms with Crippen LogP contribution in [0.25, 0.3) is 0 Å². The molecule has 0 unspecified atom stereocenters. The van der Waals surface area contributed by atoms with Crippen LogP contribution in [0.2, 0.25) is 0 Å². The number of amides is 1. The lowest BCUT2D eigenvalue weighted by Crippen LogP contribution is -2.50. The van der Waals surface area contributed by atoms with Gasteiger partial charge >= 0.3 is 5.97 Å². The summed E-state index contributed by atoms with van der Waals surface area (Å²) in [5.41, 5.74) is -0.263. The minimum atomic E-state index is -1.22. The van der Waals surface area contributed by atoms with Crippen LogP contribution in [0.4, 0.5) is 0 Å². The molecule has 1 N–H and O–H groups in total. The van der Waals surface area contributed by atoms with Crippen LogP contribution >= 0.6 is 0 Å². The molecule has 1 amide bonds. The molecule has 6 heteroatoms. The monoisotopic (exact) mass is 293 g/mol. The Labute approximate surface area is 123 Å². The average molecular weight is 293 g/mol. The molecule has 0 fully saturated rings. The number of aryl methyl sites for hydroxylation is 1. The highest BCUT2D eigenvalue weighted by atomic mass is 16.7. The van der Waals surface area contributed by atoms with Crippen LogP contribution in [0.5, 0.6) is 11.5 Å². The number of hydrogen-bond acceptors (Lipinski definition) is 4. The topological polar surface area (TPSA) is 76.1 Å². The van der Waals surface area contributed by atoms with E-state index in [-0.39, 0.29) is 19.1 Å². The third-order valence-corrected chi connectivity index (χ3v) is 3.80. The number of hydrogen-bond donors (Lipinski definition) is 1. The molecule has 1 aromatic carbocycles. The van der Waals surface area contributed by atoms with Crippen molar-refractivity contribution >= 4 is 11.9 Å². The largest absolute Gasteiger partial charge is 0.480 e. The highest BCUT2D eigenvalue weighted by Crippen LogP contribution is 2.32. The molecule has 0 aromatic heterocycles. The zero-order chi connectivity index (χ0) is 15.6. The Morgan fingerprint density at radius 3 is 2.62 bits per heavy atom. The normalized spacial score (nSPS) is 13.1. The first-order chi connectivity index (χ1) is 9.82. The highest BCUT2D eigenvalue weighted by molar-refractivity contribution is 5.86. The number of likely N-dealkylation sites (N-methyl/N-ethyl adjacent to an activating group) is 1. The minimum Gasteiger partial charge on any atom is -0.480 e. The van der Waals surface area contributed by atoms with E-state index in [0.717, 1.165) is 5.56 Å². The van der Waals surface area contributed by atoms with Crippen LogP contribution in [0.1, 0.15) is 25.8 Å². The molecule has 1 heterocycles. The van der Waals surface area contributed by atoms with E-state index in [0.29, 0.717) is 17.9 Å². The fraction of sp³-hybridized carbons (Fsp3) is 0.467. The van der Waals surface area contributed by atoms with Crippen LogP contribution < -0.4 is 9.47 Å². The van der Waals surface area contributed by atoms with E-state index >= 15 is 0 Å². The summed E-state index contributed by atoms with van der Waals surface area (Å²) in [5.74, 6) is 0.148. The van der Waals surface area contributed by atoms with Gasteiger partial charge in [-0.05, 0) is 38.0 Å². The molecule has 0 atom stereocenters. The Kier molecular flexibility index (Phi) is 4.06. The third kappa shape index (κ3) is 3.09. The number of carbonyl (C=O) groups excluding carboxylic acids is 1. The van der Waals surface area contributed by atoms with Gasteiger partial charge in [-0.2, -0.15) is 0 Å². The van der Waals surface area contributed by atoms with E-state index in [1.807, 2.05) is 18.2 Å². The Bertz CT molecular complexity index is 567. The van der Waals surface area contributed by atoms with Crippen molar-refractivity contribution in [2.24, 2.45) is 0 Å². The number of ether oxygens (including phenoxy) is 2. The number of aliphatic carboxylic acids is 1. The quantitative estimate of drug-likeness (QED) is 0.893. The van der Waals surface area contributed by atoms with Gasteiger partial charge in [0.2, 0.25) is 12.7 Å². The maximum absolute atomic E-state index is 12.1. The molecular formula is C15H19NO5. The molecule has 1 aromatic rings. The van der Waals surface area contributed by atoms with E-state index in [2.05, 4.69) is 0 Å². The SMILES string of the molecule is CN(C(=O)CCc1ccc2c(c1)OCO2)C(C)(C)C(=O)O. The van der Waals surface area contributed by atoms with Gasteiger partial charge in [0.15, 0.2) is 11.5 Å². The smallest absolute Gasteiger partial charge is 0.329 e. The van der Waals surface area contributed by atoms with Gasteiger partial charge in [-0.1, -0.05) is 6.07 Å². The number of carbonyl (C=O) groups is 2. The average Bonchev–Trinajstić information content (AvgIpc) is 2.91. The van der Waals surface area contributed by atoms with Crippen molar-refractivity contribution < 1.29 is 24.2 Å². The molecule has 1 aliphatic rings. The number of rotatable bonds is 5. The van der Waals surface area contributed by atoms with Crippen molar-refractivity contribution in [3.8, 4) is 11.5 Å². The summed E-state index contributed by atoms with van der Waals surface area (Å²) in [7, 11) is 1.51. The second-order valence-electron chi connectivity index (χ2n) is 5.50. The van der Waals surface area contributed by atoms with Crippen molar-refractivity contribution in [1.29, 1.82) is 0 Å². The van der Waals surface area contributed by atoms with Gasteiger partial charge < -0.3 is 19.5 Å². The van der Waals surface area contributed by atoms with Crippen molar-refractivity contribution in [2.45, 2.75) is 32.2 Å². The first kappa shape index (κ1) is 15.2. The van der Waals surface area contributed by atoms with Crippen LogP contribution in [0, 0.1) is 0 Å². The number of carboxylic acid groups (broad SMARTS) is 1. The molecule has 114 valence electrons. The van der Waals surface area contributed by atoms with Crippen LogP contribution in [-0.2, 0) is 16.0 Å². The summed E-state index contributed by atoms with van der Waals surface area (Å²) in [6, 6.07) is 5.54. The second-order valence-corrected chi connectivity index (χ2v) is 5.50. The molecule has 0 radical (unpaired) electrons.